The number of alkyl halides is 2. The van der Waals surface area contributed by atoms with Crippen LogP contribution in [0.1, 0.15) is 67.9 Å². The Balaban J connectivity index is 1.79. The molecule has 2 aromatic carbocycles. The number of carbonyl (C=O) groups is 5. The first-order valence-electron chi connectivity index (χ1n) is 15.9. The second-order valence-electron chi connectivity index (χ2n) is 12.7. The average Bonchev–Trinajstić information content (AvgIpc) is 3.49. The van der Waals surface area contributed by atoms with Crippen molar-refractivity contribution in [3.05, 3.63) is 70.8 Å². The summed E-state index contributed by atoms with van der Waals surface area (Å²) in [4.78, 5) is 65.4. The highest BCUT2D eigenvalue weighted by Gasteiger charge is 2.44. The molecule has 3 rings (SSSR count). The number of likely N-dealkylation sites (tertiary alicyclic amines) is 1. The fourth-order valence-electron chi connectivity index (χ4n) is 5.47. The predicted molar refractivity (Wildman–Crippen MR) is 170 cm³/mol. The van der Waals surface area contributed by atoms with Gasteiger partial charge in [-0.25, -0.2) is 27.2 Å². The van der Waals surface area contributed by atoms with Crippen molar-refractivity contribution in [3.63, 3.8) is 0 Å². The number of hydrogen-bond donors (Lipinski definition) is 4. The zero-order chi connectivity index (χ0) is 36.4. The third-order valence-corrected chi connectivity index (χ3v) is 8.02. The first-order chi connectivity index (χ1) is 23.1. The molecular formula is C34H42F4N4O7. The van der Waals surface area contributed by atoms with Crippen LogP contribution in [0.2, 0.25) is 0 Å². The Morgan fingerprint density at radius 1 is 0.980 bits per heavy atom. The van der Waals surface area contributed by atoms with Crippen molar-refractivity contribution in [1.82, 2.24) is 20.9 Å². The second kappa shape index (κ2) is 17.6. The average molecular weight is 695 g/mol. The van der Waals surface area contributed by atoms with Crippen LogP contribution in [0.15, 0.2) is 42.5 Å². The van der Waals surface area contributed by atoms with Crippen LogP contribution >= 0.6 is 0 Å². The number of ether oxygens (including phenoxy) is 1. The lowest BCUT2D eigenvalue weighted by Crippen LogP contribution is -2.57. The van der Waals surface area contributed by atoms with Gasteiger partial charge in [0.25, 0.3) is 0 Å². The van der Waals surface area contributed by atoms with Crippen molar-refractivity contribution < 1.29 is 51.4 Å². The van der Waals surface area contributed by atoms with Gasteiger partial charge in [0, 0.05) is 31.0 Å². The van der Waals surface area contributed by atoms with E-state index < -0.39 is 102 Å². The Morgan fingerprint density at radius 2 is 1.61 bits per heavy atom. The summed E-state index contributed by atoms with van der Waals surface area (Å²) in [5, 5.41) is 16.2. The first-order valence-corrected chi connectivity index (χ1v) is 15.9. The minimum atomic E-state index is -3.03. The summed E-state index contributed by atoms with van der Waals surface area (Å²) in [6.07, 6.45) is -5.27. The van der Waals surface area contributed by atoms with Crippen LogP contribution in [0.5, 0.6) is 0 Å². The van der Waals surface area contributed by atoms with Crippen molar-refractivity contribution in [1.29, 1.82) is 0 Å². The van der Waals surface area contributed by atoms with Crippen LogP contribution in [-0.4, -0.2) is 84.0 Å². The molecule has 4 atom stereocenters. The third-order valence-electron chi connectivity index (χ3n) is 8.02. The number of hydrogen-bond acceptors (Lipinski definition) is 6. The lowest BCUT2D eigenvalue weighted by molar-refractivity contribution is -0.141. The molecule has 0 saturated carbocycles. The van der Waals surface area contributed by atoms with Gasteiger partial charge in [0.15, 0.2) is 0 Å². The van der Waals surface area contributed by atoms with E-state index in [0.717, 1.165) is 5.56 Å². The number of nitrogens with one attached hydrogen (secondary N) is 3. The molecule has 11 nitrogen and oxygen atoms in total. The SMILES string of the molecule is CC(C)COC(=O)N[C@H](C(=O)N1CC(c2ccccc2)C[C@@H]1C(=O)N[C@@H](CC(F)F)C(=O)NCCc1c(F)cc(C(=O)O)cc1F)C(C)C. The minimum Gasteiger partial charge on any atom is -0.478 e. The molecular weight excluding hydrogens is 652 g/mol. The Morgan fingerprint density at radius 3 is 2.16 bits per heavy atom. The fourth-order valence-corrected chi connectivity index (χ4v) is 5.47. The number of carboxylic acids is 1. The van der Waals surface area contributed by atoms with Crippen LogP contribution in [-0.2, 0) is 25.5 Å². The smallest absolute Gasteiger partial charge is 0.407 e. The number of carboxylic acid groups (broad SMARTS) is 1. The van der Waals surface area contributed by atoms with E-state index in [4.69, 9.17) is 9.84 Å². The number of rotatable bonds is 15. The van der Waals surface area contributed by atoms with Gasteiger partial charge in [-0.15, -0.1) is 0 Å². The van der Waals surface area contributed by atoms with Gasteiger partial charge in [0.1, 0.15) is 29.8 Å². The van der Waals surface area contributed by atoms with Gasteiger partial charge in [0.05, 0.1) is 12.2 Å². The molecule has 4 N–H and O–H groups in total. The molecule has 15 heteroatoms. The van der Waals surface area contributed by atoms with Crippen molar-refractivity contribution in [2.75, 3.05) is 19.7 Å². The Kier molecular flexibility index (Phi) is 13.9. The molecule has 1 heterocycles. The van der Waals surface area contributed by atoms with Gasteiger partial charge in [-0.3, -0.25) is 14.4 Å². The molecule has 268 valence electrons. The van der Waals surface area contributed by atoms with E-state index in [1.165, 1.54) is 4.90 Å². The predicted octanol–water partition coefficient (Wildman–Crippen LogP) is 4.25. The van der Waals surface area contributed by atoms with Crippen molar-refractivity contribution >= 4 is 29.8 Å². The van der Waals surface area contributed by atoms with Crippen LogP contribution in [0.3, 0.4) is 0 Å². The lowest BCUT2D eigenvalue weighted by atomic mass is 9.96. The molecule has 2 aromatic rings. The van der Waals surface area contributed by atoms with Crippen LogP contribution in [0.4, 0.5) is 22.4 Å². The largest absolute Gasteiger partial charge is 0.478 e. The number of benzene rings is 2. The maximum Gasteiger partial charge on any atom is 0.407 e. The molecule has 1 aliphatic heterocycles. The Labute approximate surface area is 281 Å². The molecule has 0 aliphatic carbocycles. The van der Waals surface area contributed by atoms with Crippen LogP contribution in [0, 0.1) is 23.5 Å². The number of aromatic carboxylic acids is 1. The van der Waals surface area contributed by atoms with Gasteiger partial charge >= 0.3 is 12.1 Å². The Hall–Kier alpha value is -4.69. The molecule has 1 saturated heterocycles. The maximum absolute atomic E-state index is 14.3. The van der Waals surface area contributed by atoms with Crippen LogP contribution < -0.4 is 16.0 Å². The number of amides is 4. The molecule has 0 spiro atoms. The zero-order valence-corrected chi connectivity index (χ0v) is 27.7. The lowest BCUT2D eigenvalue weighted by Gasteiger charge is -2.31. The highest BCUT2D eigenvalue weighted by Crippen LogP contribution is 2.33. The highest BCUT2D eigenvalue weighted by molar-refractivity contribution is 5.94. The van der Waals surface area contributed by atoms with E-state index in [-0.39, 0.29) is 31.4 Å². The monoisotopic (exact) mass is 694 g/mol. The van der Waals surface area contributed by atoms with E-state index in [1.54, 1.807) is 32.0 Å². The van der Waals surface area contributed by atoms with E-state index >= 15 is 0 Å². The summed E-state index contributed by atoms with van der Waals surface area (Å²) in [6, 6.07) is 6.21. The summed E-state index contributed by atoms with van der Waals surface area (Å²) < 4.78 is 61.0. The normalized spacial score (nSPS) is 17.2. The van der Waals surface area contributed by atoms with Crippen molar-refractivity contribution in [2.24, 2.45) is 11.8 Å². The first kappa shape index (κ1) is 38.8. The number of carbonyl (C=O) groups excluding carboxylic acids is 4. The molecule has 1 fully saturated rings. The summed E-state index contributed by atoms with van der Waals surface area (Å²) in [7, 11) is 0. The van der Waals surface area contributed by atoms with Gasteiger partial charge in [-0.2, -0.15) is 0 Å². The molecule has 1 unspecified atom stereocenters. The van der Waals surface area contributed by atoms with E-state index in [9.17, 15) is 41.5 Å². The summed E-state index contributed by atoms with van der Waals surface area (Å²) >= 11 is 0. The minimum absolute atomic E-state index is 0.0447. The molecule has 1 aliphatic rings. The standard InChI is InChI=1S/C34H42F4N4O7/c1-18(2)17-49-34(48)41-29(19(3)4)32(45)42-16-22(20-8-6-5-7-9-20)14-27(42)31(44)40-26(15-28(37)38)30(43)39-11-10-23-24(35)12-21(33(46)47)13-25(23)36/h5-9,12-13,18-19,22,26-29H,10-11,14-17H2,1-4H3,(H,39,43)(H,40,44)(H,41,48)(H,46,47)/t22?,26-,27+,29-/m0/s1. The molecule has 49 heavy (non-hydrogen) atoms. The topological polar surface area (TPSA) is 154 Å². The van der Waals surface area contributed by atoms with Gasteiger partial charge in [-0.05, 0) is 42.4 Å². The highest BCUT2D eigenvalue weighted by atomic mass is 19.3. The summed E-state index contributed by atoms with van der Waals surface area (Å²) in [5.74, 6) is -7.10. The van der Waals surface area contributed by atoms with Crippen LogP contribution in [0.25, 0.3) is 0 Å². The zero-order valence-electron chi connectivity index (χ0n) is 27.7. The number of halogens is 4. The third kappa shape index (κ3) is 10.9. The second-order valence-corrected chi connectivity index (χ2v) is 12.7. The molecule has 0 aromatic heterocycles. The molecule has 4 amide bonds. The van der Waals surface area contributed by atoms with E-state index in [2.05, 4.69) is 16.0 Å². The quantitative estimate of drug-likeness (QED) is 0.203. The van der Waals surface area contributed by atoms with Gasteiger partial charge in [-0.1, -0.05) is 58.0 Å². The number of alkyl carbamates (subject to hydrolysis) is 1. The molecule has 0 bridgehead atoms. The number of nitrogens with zero attached hydrogens (tertiary/aromatic N) is 1. The van der Waals surface area contributed by atoms with Crippen molar-refractivity contribution in [2.45, 2.75) is 77.4 Å². The van der Waals surface area contributed by atoms with E-state index in [0.29, 0.717) is 12.1 Å². The summed E-state index contributed by atoms with van der Waals surface area (Å²) in [5.41, 5.74) is -0.315. The fraction of sp³-hybridized carbons (Fsp3) is 0.500. The van der Waals surface area contributed by atoms with Gasteiger partial charge < -0.3 is 30.7 Å². The maximum atomic E-state index is 14.3. The Bertz CT molecular complexity index is 1470. The molecule has 0 radical (unpaired) electrons. The van der Waals surface area contributed by atoms with Gasteiger partial charge in [0.2, 0.25) is 24.1 Å². The summed E-state index contributed by atoms with van der Waals surface area (Å²) in [6.45, 7) is 6.85. The van der Waals surface area contributed by atoms with Crippen molar-refractivity contribution in [3.8, 4) is 0 Å². The van der Waals surface area contributed by atoms with E-state index in [1.807, 2.05) is 26.0 Å².